The van der Waals surface area contributed by atoms with Gasteiger partial charge in [-0.3, -0.25) is 4.79 Å². The Balaban J connectivity index is 2.57. The van der Waals surface area contributed by atoms with Gasteiger partial charge in [0, 0.05) is 6.07 Å². The van der Waals surface area contributed by atoms with E-state index in [2.05, 4.69) is 0 Å². The fourth-order valence-corrected chi connectivity index (χ4v) is 2.75. The van der Waals surface area contributed by atoms with Gasteiger partial charge in [-0.05, 0) is 38.8 Å². The minimum atomic E-state index is -1.49. The van der Waals surface area contributed by atoms with Gasteiger partial charge in [-0.1, -0.05) is 25.7 Å². The number of ketones is 1. The summed E-state index contributed by atoms with van der Waals surface area (Å²) in [7, 11) is 3.00. The molecule has 1 rings (SSSR count). The zero-order chi connectivity index (χ0) is 19.8. The summed E-state index contributed by atoms with van der Waals surface area (Å²) in [5.41, 5.74) is -2.44. The summed E-state index contributed by atoms with van der Waals surface area (Å²) in [6, 6.07) is 4.86. The number of benzene rings is 1. The predicted molar refractivity (Wildman–Crippen MR) is 98.9 cm³/mol. The van der Waals surface area contributed by atoms with Crippen molar-refractivity contribution >= 4 is 12.1 Å². The third kappa shape index (κ3) is 6.42. The molecule has 1 aromatic carbocycles. The maximum Gasteiger partial charge on any atom is 0.197 e. The molecule has 6 heteroatoms. The van der Waals surface area contributed by atoms with E-state index in [1.165, 1.54) is 28.1 Å². The largest absolute Gasteiger partial charge is 0.497 e. The minimum absolute atomic E-state index is 0.320. The maximum atomic E-state index is 12.7. The highest BCUT2D eigenvalue weighted by molar-refractivity contribution is 6.04. The second-order valence-corrected chi connectivity index (χ2v) is 7.06. The maximum absolute atomic E-state index is 12.7. The molecule has 6 nitrogen and oxygen atoms in total. The molecular formula is C20H30O6. The molecule has 2 N–H and O–H groups in total. The predicted octanol–water partition coefficient (Wildman–Crippen LogP) is 2.93. The molecule has 26 heavy (non-hydrogen) atoms. The van der Waals surface area contributed by atoms with Crippen LogP contribution in [0.2, 0.25) is 0 Å². The van der Waals surface area contributed by atoms with Crippen LogP contribution in [0.15, 0.2) is 18.2 Å². The Bertz CT molecular complexity index is 606. The second kappa shape index (κ2) is 9.69. The van der Waals surface area contributed by atoms with Crippen molar-refractivity contribution in [3.63, 3.8) is 0 Å². The number of unbranched alkanes of at least 4 members (excludes halogenated alkanes) is 3. The molecule has 0 aliphatic carbocycles. The van der Waals surface area contributed by atoms with Gasteiger partial charge in [-0.15, -0.1) is 0 Å². The van der Waals surface area contributed by atoms with Crippen LogP contribution in [0.25, 0.3) is 0 Å². The third-order valence-corrected chi connectivity index (χ3v) is 4.49. The Morgan fingerprint density at radius 1 is 1.04 bits per heavy atom. The molecule has 0 saturated carbocycles. The number of aldehydes is 1. The number of carbonyl (C=O) groups excluding carboxylic acids is 2. The lowest BCUT2D eigenvalue weighted by Crippen LogP contribution is -2.35. The Hall–Kier alpha value is -1.92. The summed E-state index contributed by atoms with van der Waals surface area (Å²) in [5, 5.41) is 20.2. The monoisotopic (exact) mass is 366 g/mol. The van der Waals surface area contributed by atoms with E-state index in [1.807, 2.05) is 0 Å². The quantitative estimate of drug-likeness (QED) is 0.336. The lowest BCUT2D eigenvalue weighted by Gasteiger charge is -2.23. The molecule has 146 valence electrons. The first kappa shape index (κ1) is 22.1. The smallest absolute Gasteiger partial charge is 0.197 e. The van der Waals surface area contributed by atoms with Gasteiger partial charge in [-0.2, -0.15) is 0 Å². The van der Waals surface area contributed by atoms with Crippen molar-refractivity contribution in [1.29, 1.82) is 0 Å². The number of methoxy groups -OCH3 is 2. The van der Waals surface area contributed by atoms with E-state index in [-0.39, 0.29) is 5.78 Å². The molecule has 1 aromatic rings. The zero-order valence-corrected chi connectivity index (χ0v) is 16.1. The van der Waals surface area contributed by atoms with Crippen LogP contribution in [-0.2, 0) is 4.79 Å². The van der Waals surface area contributed by atoms with Gasteiger partial charge in [0.1, 0.15) is 22.7 Å². The highest BCUT2D eigenvalue weighted by atomic mass is 16.5. The van der Waals surface area contributed by atoms with Crippen LogP contribution in [0.4, 0.5) is 0 Å². The van der Waals surface area contributed by atoms with Crippen molar-refractivity contribution in [3.8, 4) is 11.5 Å². The van der Waals surface area contributed by atoms with Gasteiger partial charge in [0.25, 0.3) is 0 Å². The van der Waals surface area contributed by atoms with Crippen molar-refractivity contribution in [2.45, 2.75) is 63.6 Å². The summed E-state index contributed by atoms with van der Waals surface area (Å²) >= 11 is 0. The van der Waals surface area contributed by atoms with Crippen molar-refractivity contribution in [2.24, 2.45) is 0 Å². The number of rotatable bonds is 12. The Morgan fingerprint density at radius 2 is 1.65 bits per heavy atom. The molecule has 2 unspecified atom stereocenters. The van der Waals surface area contributed by atoms with Gasteiger partial charge < -0.3 is 24.5 Å². The molecule has 0 fully saturated rings. The first-order valence-corrected chi connectivity index (χ1v) is 8.85. The first-order valence-electron chi connectivity index (χ1n) is 8.85. The SMILES string of the molecule is COc1ccc(C(=O)C(C)(O)CCCCCCC(C)(O)C=O)c(OC)c1. The van der Waals surface area contributed by atoms with E-state index in [0.717, 1.165) is 12.8 Å². The molecule has 0 amide bonds. The third-order valence-electron chi connectivity index (χ3n) is 4.49. The molecule has 0 heterocycles. The van der Waals surface area contributed by atoms with Crippen LogP contribution < -0.4 is 9.47 Å². The van der Waals surface area contributed by atoms with Crippen LogP contribution in [0.5, 0.6) is 11.5 Å². The summed E-state index contributed by atoms with van der Waals surface area (Å²) < 4.78 is 10.4. The molecule has 0 aliphatic rings. The normalized spacial score (nSPS) is 15.6. The molecule has 0 aliphatic heterocycles. The van der Waals surface area contributed by atoms with Gasteiger partial charge in [0.2, 0.25) is 0 Å². The van der Waals surface area contributed by atoms with E-state index in [0.29, 0.717) is 49.0 Å². The molecule has 0 radical (unpaired) electrons. The number of carbonyl (C=O) groups is 2. The van der Waals surface area contributed by atoms with Crippen molar-refractivity contribution in [2.75, 3.05) is 14.2 Å². The Labute approximate surface area is 155 Å². The van der Waals surface area contributed by atoms with Gasteiger partial charge in [-0.25, -0.2) is 0 Å². The lowest BCUT2D eigenvalue weighted by atomic mass is 9.88. The number of hydrogen-bond donors (Lipinski definition) is 2. The highest BCUT2D eigenvalue weighted by Gasteiger charge is 2.32. The number of Topliss-reactive ketones (excluding diaryl/α,β-unsaturated/α-hetero) is 1. The summed E-state index contributed by atoms with van der Waals surface area (Å²) in [6.45, 7) is 3.00. The fraction of sp³-hybridized carbons (Fsp3) is 0.600. The Morgan fingerprint density at radius 3 is 2.19 bits per heavy atom. The number of aliphatic hydroxyl groups is 2. The van der Waals surface area contributed by atoms with Crippen LogP contribution in [0.1, 0.15) is 62.7 Å². The Kier molecular flexibility index (Phi) is 8.24. The van der Waals surface area contributed by atoms with Crippen LogP contribution in [0.3, 0.4) is 0 Å². The van der Waals surface area contributed by atoms with Crippen molar-refractivity contribution < 1.29 is 29.3 Å². The number of hydrogen-bond acceptors (Lipinski definition) is 6. The van der Waals surface area contributed by atoms with E-state index < -0.39 is 11.2 Å². The van der Waals surface area contributed by atoms with Crippen molar-refractivity contribution in [3.05, 3.63) is 23.8 Å². The summed E-state index contributed by atoms with van der Waals surface area (Å²) in [6.07, 6.45) is 4.30. The second-order valence-electron chi connectivity index (χ2n) is 7.06. The standard InChI is InChI=1S/C20H30O6/c1-19(23,14-21)11-7-5-6-8-12-20(2,24)18(22)16-10-9-15(25-3)13-17(16)26-4/h9-10,13-14,23-24H,5-8,11-12H2,1-4H3. The number of ether oxygens (including phenoxy) is 2. The summed E-state index contributed by atoms with van der Waals surface area (Å²) in [4.78, 5) is 23.3. The van der Waals surface area contributed by atoms with Crippen LogP contribution in [-0.4, -0.2) is 47.7 Å². The molecule has 0 spiro atoms. The fourth-order valence-electron chi connectivity index (χ4n) is 2.75. The summed E-state index contributed by atoms with van der Waals surface area (Å²) in [5.74, 6) is 0.552. The van der Waals surface area contributed by atoms with E-state index >= 15 is 0 Å². The van der Waals surface area contributed by atoms with Crippen molar-refractivity contribution in [1.82, 2.24) is 0 Å². The van der Waals surface area contributed by atoms with Gasteiger partial charge in [0.15, 0.2) is 12.1 Å². The topological polar surface area (TPSA) is 93.1 Å². The average Bonchev–Trinajstić information content (AvgIpc) is 2.63. The molecule has 0 bridgehead atoms. The molecular weight excluding hydrogens is 336 g/mol. The van der Waals surface area contributed by atoms with E-state index in [4.69, 9.17) is 9.47 Å². The highest BCUT2D eigenvalue weighted by Crippen LogP contribution is 2.29. The van der Waals surface area contributed by atoms with Crippen LogP contribution in [0, 0.1) is 0 Å². The molecule has 0 saturated heterocycles. The van der Waals surface area contributed by atoms with Gasteiger partial charge in [0.05, 0.1) is 19.8 Å². The van der Waals surface area contributed by atoms with Crippen LogP contribution >= 0.6 is 0 Å². The van der Waals surface area contributed by atoms with Gasteiger partial charge >= 0.3 is 0 Å². The van der Waals surface area contributed by atoms with E-state index in [1.54, 1.807) is 18.2 Å². The first-order chi connectivity index (χ1) is 12.2. The van der Waals surface area contributed by atoms with E-state index in [9.17, 15) is 19.8 Å². The zero-order valence-electron chi connectivity index (χ0n) is 16.1. The lowest BCUT2D eigenvalue weighted by molar-refractivity contribution is -0.123. The molecule has 0 aromatic heterocycles. The molecule has 2 atom stereocenters. The average molecular weight is 366 g/mol. The minimum Gasteiger partial charge on any atom is -0.497 e.